The van der Waals surface area contributed by atoms with E-state index in [9.17, 15) is 48.6 Å². The van der Waals surface area contributed by atoms with Gasteiger partial charge in [-0.2, -0.15) is 0 Å². The van der Waals surface area contributed by atoms with Crippen molar-refractivity contribution in [1.82, 2.24) is 31.2 Å². The molecule has 0 unspecified atom stereocenters. The van der Waals surface area contributed by atoms with Crippen LogP contribution in [0, 0.1) is 13.8 Å². The molecule has 3 aromatic heterocycles. The number of phenolic OH excluding ortho intramolecular Hbond substituents is 2. The summed E-state index contributed by atoms with van der Waals surface area (Å²) in [5.41, 5.74) is 1.21. The number of aromatic nitrogens is 2. The number of aryl methyl sites for hydroxylation is 2. The molecule has 24 heteroatoms. The summed E-state index contributed by atoms with van der Waals surface area (Å²) in [5.74, 6) is -3.70. The van der Waals surface area contributed by atoms with E-state index in [0.717, 1.165) is 29.8 Å². The lowest BCUT2D eigenvalue weighted by atomic mass is 10.1. The molecule has 2 aromatic carbocycles. The van der Waals surface area contributed by atoms with Crippen LogP contribution in [0.15, 0.2) is 66.0 Å². The Morgan fingerprint density at radius 1 is 0.647 bits per heavy atom. The number of nitrogens with zero attached hydrogens (tertiary/aromatic N) is 2. The summed E-state index contributed by atoms with van der Waals surface area (Å²) in [7, 11) is 2.34. The van der Waals surface area contributed by atoms with E-state index in [4.69, 9.17) is 14.2 Å². The molecule has 21 nitrogen and oxygen atoms in total. The molecule has 0 radical (unpaired) electrons. The quantitative estimate of drug-likeness (QED) is 0.0478. The third kappa shape index (κ3) is 17.1. The number of ether oxygens (including phenoxy) is 3. The van der Waals surface area contributed by atoms with Crippen molar-refractivity contribution < 1.29 is 62.8 Å². The van der Waals surface area contributed by atoms with Crippen molar-refractivity contribution in [2.75, 3.05) is 37.9 Å². The summed E-state index contributed by atoms with van der Waals surface area (Å²) in [6, 6.07) is 13.7. The SMILES string of the molecule is COC(=O)[C@H](CNC(=O)OC(C)(C)C)NC(=O)c1sc(NC(=O)Cc2cccc(O)c2)nc1C.COC(=O)[C@H](CNC(=O)c1cccs1)NC(=O)c1sc(NC(=O)Cc2cccc(O)c2)nc1C. The number of hydrogen-bond acceptors (Lipinski definition) is 18. The van der Waals surface area contributed by atoms with Crippen LogP contribution in [0.4, 0.5) is 15.1 Å². The fraction of sp³-hybridized carbons (Fsp3) is 0.318. The van der Waals surface area contributed by atoms with Crippen molar-refractivity contribution in [3.63, 3.8) is 0 Å². The summed E-state index contributed by atoms with van der Waals surface area (Å²) in [6.45, 7) is 7.85. The number of anilines is 2. The second-order valence-electron chi connectivity index (χ2n) is 15.3. The van der Waals surface area contributed by atoms with Crippen LogP contribution in [0.1, 0.15) is 72.3 Å². The van der Waals surface area contributed by atoms with E-state index in [2.05, 4.69) is 41.9 Å². The Morgan fingerprint density at radius 2 is 1.10 bits per heavy atom. The lowest BCUT2D eigenvalue weighted by molar-refractivity contribution is -0.143. The van der Waals surface area contributed by atoms with Gasteiger partial charge in [-0.25, -0.2) is 24.4 Å². The molecule has 8 N–H and O–H groups in total. The van der Waals surface area contributed by atoms with Gasteiger partial charge in [0.05, 0.1) is 49.9 Å². The lowest BCUT2D eigenvalue weighted by Gasteiger charge is -2.21. The molecule has 0 saturated carbocycles. The van der Waals surface area contributed by atoms with Gasteiger partial charge in [-0.1, -0.05) is 53.0 Å². The average molecular weight is 995 g/mol. The maximum Gasteiger partial charge on any atom is 0.407 e. The highest BCUT2D eigenvalue weighted by Gasteiger charge is 2.28. The molecule has 0 bridgehead atoms. The first kappa shape index (κ1) is 53.2. The molecule has 0 fully saturated rings. The fourth-order valence-electron chi connectivity index (χ4n) is 5.66. The van der Waals surface area contributed by atoms with Crippen LogP contribution < -0.4 is 31.9 Å². The van der Waals surface area contributed by atoms with E-state index in [1.165, 1.54) is 42.7 Å². The van der Waals surface area contributed by atoms with Gasteiger partial charge in [0.25, 0.3) is 17.7 Å². The van der Waals surface area contributed by atoms with Crippen LogP contribution in [0.5, 0.6) is 11.5 Å². The number of phenols is 2. The van der Waals surface area contributed by atoms with Gasteiger partial charge in [0.2, 0.25) is 11.8 Å². The van der Waals surface area contributed by atoms with Crippen LogP contribution in [0.2, 0.25) is 0 Å². The van der Waals surface area contributed by atoms with Crippen LogP contribution in [-0.2, 0) is 46.2 Å². The highest BCUT2D eigenvalue weighted by atomic mass is 32.1. The van der Waals surface area contributed by atoms with E-state index >= 15 is 0 Å². The maximum atomic E-state index is 12.8. The number of hydrogen-bond donors (Lipinski definition) is 8. The second-order valence-corrected chi connectivity index (χ2v) is 18.3. The number of benzene rings is 2. The summed E-state index contributed by atoms with van der Waals surface area (Å²) in [6.07, 6.45) is -0.723. The van der Waals surface area contributed by atoms with Gasteiger partial charge in [0.15, 0.2) is 10.3 Å². The van der Waals surface area contributed by atoms with Crippen LogP contribution in [0.25, 0.3) is 0 Å². The zero-order valence-corrected chi connectivity index (χ0v) is 40.3. The Hall–Kier alpha value is -7.44. The van der Waals surface area contributed by atoms with Gasteiger partial charge in [-0.15, -0.1) is 11.3 Å². The second kappa shape index (κ2) is 24.9. The van der Waals surface area contributed by atoms with Gasteiger partial charge < -0.3 is 56.3 Å². The number of rotatable bonds is 17. The van der Waals surface area contributed by atoms with E-state index < -0.39 is 47.5 Å². The Morgan fingerprint density at radius 3 is 1.50 bits per heavy atom. The number of methoxy groups -OCH3 is 2. The predicted octanol–water partition coefficient (Wildman–Crippen LogP) is 4.24. The van der Waals surface area contributed by atoms with Gasteiger partial charge in [-0.05, 0) is 81.5 Å². The molecule has 0 aliphatic carbocycles. The third-order valence-corrected chi connectivity index (χ3v) is 11.7. The number of esters is 2. The van der Waals surface area contributed by atoms with Crippen molar-refractivity contribution in [3.8, 4) is 11.5 Å². The smallest absolute Gasteiger partial charge is 0.407 e. The van der Waals surface area contributed by atoms with Crippen LogP contribution >= 0.6 is 34.0 Å². The summed E-state index contributed by atoms with van der Waals surface area (Å²) < 4.78 is 14.6. The molecule has 2 atom stereocenters. The Bertz CT molecular complexity index is 2610. The normalized spacial score (nSPS) is 11.6. The number of amides is 6. The standard InChI is InChI=1S/C22H28N4O7S.C22H22N4O6S2/c1-12-17(34-20(24-12)26-16(28)10-13-7-6-8-14(27)9-13)18(29)25-15(19(30)32-5)11-23-21(31)33-22(2,3)4;1-12-18(34-22(24-12)26-17(28)10-13-5-3-6-14(27)9-13)20(30)25-15(21(31)32-2)11-23-19(29)16-7-4-8-33-16/h6-9,15,27H,10-11H2,1-5H3,(H,23,31)(H,25,29)(H,24,26,28);3-9,15,27H,10-11H2,1-2H3,(H,23,29)(H,25,30)(H,24,26,28)/t2*15-/m00/s1. The zero-order valence-electron chi connectivity index (χ0n) is 37.8. The minimum Gasteiger partial charge on any atom is -0.508 e. The van der Waals surface area contributed by atoms with Crippen LogP contribution in [-0.4, -0.2) is 113 Å². The number of alkyl carbamates (subject to hydrolysis) is 1. The number of carbonyl (C=O) groups is 8. The molecule has 0 saturated heterocycles. The first-order valence-corrected chi connectivity index (χ1v) is 22.8. The van der Waals surface area contributed by atoms with Crippen molar-refractivity contribution in [2.24, 2.45) is 0 Å². The fourth-order valence-corrected chi connectivity index (χ4v) is 8.07. The molecule has 362 valence electrons. The number of thiophene rings is 1. The van der Waals surface area contributed by atoms with E-state index in [1.807, 2.05) is 0 Å². The molecule has 3 heterocycles. The van der Waals surface area contributed by atoms with Crippen molar-refractivity contribution >= 4 is 91.8 Å². The topological polar surface area (TPSA) is 303 Å². The molecule has 5 rings (SSSR count). The largest absolute Gasteiger partial charge is 0.508 e. The highest BCUT2D eigenvalue weighted by Crippen LogP contribution is 2.25. The summed E-state index contributed by atoms with van der Waals surface area (Å²) in [4.78, 5) is 108. The Kier molecular flexibility index (Phi) is 19.5. The predicted molar refractivity (Wildman–Crippen MR) is 252 cm³/mol. The van der Waals surface area contributed by atoms with Gasteiger partial charge in [0, 0.05) is 6.54 Å². The zero-order chi connectivity index (χ0) is 50.1. The molecular formula is C44H50N8O13S3. The first-order valence-electron chi connectivity index (χ1n) is 20.3. The van der Waals surface area contributed by atoms with Gasteiger partial charge in [-0.3, -0.25) is 24.0 Å². The van der Waals surface area contributed by atoms with E-state index in [1.54, 1.807) is 76.4 Å². The number of nitrogens with one attached hydrogen (secondary N) is 6. The van der Waals surface area contributed by atoms with E-state index in [-0.39, 0.29) is 75.2 Å². The van der Waals surface area contributed by atoms with Gasteiger partial charge in [0.1, 0.15) is 38.9 Å². The van der Waals surface area contributed by atoms with Crippen molar-refractivity contribution in [3.05, 3.63) is 103 Å². The lowest BCUT2D eigenvalue weighted by Crippen LogP contribution is -2.49. The number of carbonyl (C=O) groups excluding carboxylic acids is 8. The molecule has 6 amide bonds. The Labute approximate surface area is 402 Å². The summed E-state index contributed by atoms with van der Waals surface area (Å²) in [5, 5.41) is 36.5. The van der Waals surface area contributed by atoms with E-state index in [0.29, 0.717) is 27.4 Å². The monoisotopic (exact) mass is 994 g/mol. The number of aromatic hydroxyl groups is 2. The molecule has 0 spiro atoms. The minimum atomic E-state index is -1.17. The highest BCUT2D eigenvalue weighted by molar-refractivity contribution is 7.18. The summed E-state index contributed by atoms with van der Waals surface area (Å²) >= 11 is 3.13. The van der Waals surface area contributed by atoms with Crippen molar-refractivity contribution in [1.29, 1.82) is 0 Å². The molecule has 5 aromatic rings. The third-order valence-electron chi connectivity index (χ3n) is 8.69. The molecule has 68 heavy (non-hydrogen) atoms. The Balaban J connectivity index is 0.000000297. The van der Waals surface area contributed by atoms with Gasteiger partial charge >= 0.3 is 18.0 Å². The number of thiazole rings is 2. The average Bonchev–Trinajstić information content (AvgIpc) is 4.03. The molecule has 0 aliphatic heterocycles. The first-order chi connectivity index (χ1) is 32.1. The maximum absolute atomic E-state index is 12.8. The van der Waals surface area contributed by atoms with Crippen molar-refractivity contribution in [2.45, 2.75) is 65.1 Å². The molecule has 0 aliphatic rings. The molecular weight excluding hydrogens is 945 g/mol. The minimum absolute atomic E-state index is 0.00923. The van der Waals surface area contributed by atoms with Crippen LogP contribution in [0.3, 0.4) is 0 Å².